The molecule has 0 saturated heterocycles. The number of ketones is 1. The van der Waals surface area contributed by atoms with Crippen LogP contribution < -0.4 is 9.47 Å². The van der Waals surface area contributed by atoms with Gasteiger partial charge in [-0.15, -0.1) is 0 Å². The summed E-state index contributed by atoms with van der Waals surface area (Å²) in [6.45, 7) is 0. The topological polar surface area (TPSA) is 48.7 Å². The Morgan fingerprint density at radius 3 is 2.22 bits per heavy atom. The van der Waals surface area contributed by atoms with Crippen LogP contribution in [-0.4, -0.2) is 20.0 Å². The average Bonchev–Trinajstić information content (AvgIpc) is 2.83. The first kappa shape index (κ1) is 12.5. The van der Waals surface area contributed by atoms with Crippen LogP contribution in [0.2, 0.25) is 5.22 Å². The van der Waals surface area contributed by atoms with Gasteiger partial charge in [0.1, 0.15) is 11.5 Å². The van der Waals surface area contributed by atoms with Crippen LogP contribution in [0.15, 0.2) is 34.9 Å². The van der Waals surface area contributed by atoms with Crippen LogP contribution in [0, 0.1) is 0 Å². The van der Waals surface area contributed by atoms with E-state index in [0.717, 1.165) is 0 Å². The van der Waals surface area contributed by atoms with Crippen molar-refractivity contribution >= 4 is 17.4 Å². The number of carbonyl (C=O) groups is 1. The molecule has 2 aromatic rings. The van der Waals surface area contributed by atoms with Gasteiger partial charge < -0.3 is 13.9 Å². The van der Waals surface area contributed by atoms with Gasteiger partial charge in [0.25, 0.3) is 0 Å². The molecule has 0 fully saturated rings. The minimum Gasteiger partial charge on any atom is -0.497 e. The second-order valence-corrected chi connectivity index (χ2v) is 3.88. The fourth-order valence-corrected chi connectivity index (χ4v) is 1.75. The fourth-order valence-electron chi connectivity index (χ4n) is 1.55. The number of methoxy groups -OCH3 is 2. The summed E-state index contributed by atoms with van der Waals surface area (Å²) in [5, 5.41) is 0.0711. The van der Waals surface area contributed by atoms with Gasteiger partial charge in [-0.3, -0.25) is 4.79 Å². The number of hydrogen-bond donors (Lipinski definition) is 0. The zero-order valence-electron chi connectivity index (χ0n) is 9.90. The molecule has 0 unspecified atom stereocenters. The van der Waals surface area contributed by atoms with Crippen molar-refractivity contribution in [2.24, 2.45) is 0 Å². The van der Waals surface area contributed by atoms with Crippen molar-refractivity contribution in [2.45, 2.75) is 0 Å². The molecule has 1 heterocycles. The van der Waals surface area contributed by atoms with Crippen LogP contribution in [-0.2, 0) is 0 Å². The second-order valence-electron chi connectivity index (χ2n) is 3.54. The van der Waals surface area contributed by atoms with Crippen LogP contribution in [0.25, 0.3) is 0 Å². The number of ether oxygens (including phenoxy) is 2. The van der Waals surface area contributed by atoms with Crippen molar-refractivity contribution < 1.29 is 18.7 Å². The van der Waals surface area contributed by atoms with E-state index < -0.39 is 0 Å². The van der Waals surface area contributed by atoms with Gasteiger partial charge >= 0.3 is 0 Å². The van der Waals surface area contributed by atoms with Gasteiger partial charge in [0, 0.05) is 11.6 Å². The third-order valence-electron chi connectivity index (χ3n) is 2.48. The Kier molecular flexibility index (Phi) is 3.58. The molecule has 0 aliphatic carbocycles. The predicted molar refractivity (Wildman–Crippen MR) is 66.7 cm³/mol. The molecule has 0 amide bonds. The number of halogens is 1. The minimum atomic E-state index is -0.244. The number of rotatable bonds is 4. The first-order valence-corrected chi connectivity index (χ1v) is 5.54. The van der Waals surface area contributed by atoms with E-state index in [2.05, 4.69) is 0 Å². The van der Waals surface area contributed by atoms with Crippen molar-refractivity contribution in [1.82, 2.24) is 0 Å². The van der Waals surface area contributed by atoms with Gasteiger partial charge in [-0.1, -0.05) is 0 Å². The van der Waals surface area contributed by atoms with Gasteiger partial charge in [-0.2, -0.15) is 0 Å². The highest BCUT2D eigenvalue weighted by molar-refractivity contribution is 6.33. The molecule has 0 bridgehead atoms. The number of furan rings is 1. The maximum absolute atomic E-state index is 12.2. The van der Waals surface area contributed by atoms with E-state index in [-0.39, 0.29) is 11.0 Å². The molecule has 4 nitrogen and oxygen atoms in total. The molecule has 1 aromatic heterocycles. The van der Waals surface area contributed by atoms with E-state index in [4.69, 9.17) is 25.5 Å². The summed E-state index contributed by atoms with van der Waals surface area (Å²) in [6, 6.07) is 6.45. The SMILES string of the molecule is COc1cc(OC)cc(C(=O)c2ccoc2Cl)c1. The smallest absolute Gasteiger partial charge is 0.204 e. The maximum Gasteiger partial charge on any atom is 0.204 e. The molecule has 0 N–H and O–H groups in total. The van der Waals surface area contributed by atoms with E-state index in [1.54, 1.807) is 18.2 Å². The molecule has 1 aromatic carbocycles. The Hall–Kier alpha value is -1.94. The fraction of sp³-hybridized carbons (Fsp3) is 0.154. The Bertz CT molecular complexity index is 552. The maximum atomic E-state index is 12.2. The van der Waals surface area contributed by atoms with E-state index in [1.165, 1.54) is 26.5 Å². The normalized spacial score (nSPS) is 10.2. The number of carbonyl (C=O) groups excluding carboxylic acids is 1. The van der Waals surface area contributed by atoms with Crippen molar-refractivity contribution in [2.75, 3.05) is 14.2 Å². The van der Waals surface area contributed by atoms with Crippen LogP contribution in [0.4, 0.5) is 0 Å². The lowest BCUT2D eigenvalue weighted by molar-refractivity contribution is 0.103. The zero-order valence-corrected chi connectivity index (χ0v) is 10.7. The summed E-state index contributed by atoms with van der Waals surface area (Å²) < 4.78 is 15.1. The lowest BCUT2D eigenvalue weighted by atomic mass is 10.1. The van der Waals surface area contributed by atoms with Gasteiger partial charge in [0.2, 0.25) is 5.22 Å². The third-order valence-corrected chi connectivity index (χ3v) is 2.77. The summed E-state index contributed by atoms with van der Waals surface area (Å²) in [5.74, 6) is 0.834. The molecule has 0 atom stereocenters. The van der Waals surface area contributed by atoms with Crippen molar-refractivity contribution in [3.8, 4) is 11.5 Å². The second kappa shape index (κ2) is 5.14. The summed E-state index contributed by atoms with van der Waals surface area (Å²) in [6.07, 6.45) is 1.37. The summed E-state index contributed by atoms with van der Waals surface area (Å²) in [5.41, 5.74) is 0.737. The highest BCUT2D eigenvalue weighted by Crippen LogP contribution is 2.26. The van der Waals surface area contributed by atoms with Crippen molar-refractivity contribution in [1.29, 1.82) is 0 Å². The lowest BCUT2D eigenvalue weighted by Gasteiger charge is -2.07. The molecule has 0 aliphatic rings. The number of benzene rings is 1. The molecule has 0 radical (unpaired) electrons. The van der Waals surface area contributed by atoms with Gasteiger partial charge in [-0.25, -0.2) is 0 Å². The molecular weight excluding hydrogens is 256 g/mol. The molecule has 5 heteroatoms. The molecule has 2 rings (SSSR count). The van der Waals surface area contributed by atoms with Crippen LogP contribution >= 0.6 is 11.6 Å². The van der Waals surface area contributed by atoms with Crippen molar-refractivity contribution in [3.05, 3.63) is 46.9 Å². The van der Waals surface area contributed by atoms with Crippen LogP contribution in [0.3, 0.4) is 0 Å². The Morgan fingerprint density at radius 2 is 1.78 bits per heavy atom. The average molecular weight is 267 g/mol. The monoisotopic (exact) mass is 266 g/mol. The first-order chi connectivity index (χ1) is 8.65. The molecule has 0 saturated carbocycles. The summed E-state index contributed by atoms with van der Waals surface area (Å²) >= 11 is 5.78. The molecule has 0 aliphatic heterocycles. The van der Waals surface area contributed by atoms with Crippen molar-refractivity contribution in [3.63, 3.8) is 0 Å². The Morgan fingerprint density at radius 1 is 1.17 bits per heavy atom. The number of hydrogen-bond acceptors (Lipinski definition) is 4. The van der Waals surface area contributed by atoms with Crippen LogP contribution in [0.1, 0.15) is 15.9 Å². The minimum absolute atomic E-state index is 0.0711. The summed E-state index contributed by atoms with van der Waals surface area (Å²) in [4.78, 5) is 12.2. The highest BCUT2D eigenvalue weighted by Gasteiger charge is 2.17. The van der Waals surface area contributed by atoms with Gasteiger partial charge in [0.05, 0.1) is 26.0 Å². The third kappa shape index (κ3) is 2.33. The Labute approximate surface area is 109 Å². The molecule has 0 spiro atoms. The molecule has 94 valence electrons. The summed E-state index contributed by atoms with van der Waals surface area (Å²) in [7, 11) is 3.04. The van der Waals surface area contributed by atoms with Gasteiger partial charge in [-0.05, 0) is 29.8 Å². The van der Waals surface area contributed by atoms with E-state index >= 15 is 0 Å². The van der Waals surface area contributed by atoms with Crippen LogP contribution in [0.5, 0.6) is 11.5 Å². The standard InChI is InChI=1S/C13H11ClO4/c1-16-9-5-8(6-10(7-9)17-2)12(15)11-3-4-18-13(11)14/h3-7H,1-2H3. The quantitative estimate of drug-likeness (QED) is 0.798. The largest absolute Gasteiger partial charge is 0.497 e. The van der Waals surface area contributed by atoms with Gasteiger partial charge in [0.15, 0.2) is 5.78 Å². The molecular formula is C13H11ClO4. The van der Waals surface area contributed by atoms with E-state index in [9.17, 15) is 4.79 Å². The Balaban J connectivity index is 2.44. The van der Waals surface area contributed by atoms with E-state index in [1.807, 2.05) is 0 Å². The zero-order chi connectivity index (χ0) is 13.1. The highest BCUT2D eigenvalue weighted by atomic mass is 35.5. The predicted octanol–water partition coefficient (Wildman–Crippen LogP) is 3.18. The first-order valence-electron chi connectivity index (χ1n) is 5.16. The van der Waals surface area contributed by atoms with E-state index in [0.29, 0.717) is 22.6 Å². The molecule has 18 heavy (non-hydrogen) atoms. The lowest BCUT2D eigenvalue weighted by Crippen LogP contribution is -2.01.